The van der Waals surface area contributed by atoms with Crippen molar-refractivity contribution in [2.75, 3.05) is 37.6 Å². The quantitative estimate of drug-likeness (QED) is 0.835. The Bertz CT molecular complexity index is 466. The van der Waals surface area contributed by atoms with E-state index in [1.807, 2.05) is 6.07 Å². The second-order valence-electron chi connectivity index (χ2n) is 6.18. The Balaban J connectivity index is 1.71. The molecule has 2 aliphatic rings. The zero-order chi connectivity index (χ0) is 13.9. The van der Waals surface area contributed by atoms with Crippen molar-refractivity contribution in [1.29, 1.82) is 0 Å². The third-order valence-electron chi connectivity index (χ3n) is 4.77. The number of rotatable bonds is 3. The van der Waals surface area contributed by atoms with Gasteiger partial charge in [0.25, 0.3) is 0 Å². The van der Waals surface area contributed by atoms with Gasteiger partial charge in [-0.15, -0.1) is 0 Å². The van der Waals surface area contributed by atoms with Crippen molar-refractivity contribution in [3.63, 3.8) is 0 Å². The lowest BCUT2D eigenvalue weighted by molar-refractivity contribution is 0.232. The predicted octanol–water partition coefficient (Wildman–Crippen LogP) is 3.37. The molecule has 20 heavy (non-hydrogen) atoms. The summed E-state index contributed by atoms with van der Waals surface area (Å²) in [5.74, 6) is -0.0380. The Labute approximate surface area is 121 Å². The number of aryl methyl sites for hydroxylation is 1. The minimum Gasteiger partial charge on any atom is -0.368 e. The molecule has 0 amide bonds. The van der Waals surface area contributed by atoms with Crippen LogP contribution in [0.4, 0.5) is 10.1 Å². The fourth-order valence-corrected chi connectivity index (χ4v) is 3.59. The van der Waals surface area contributed by atoms with E-state index in [4.69, 9.17) is 0 Å². The Hall–Kier alpha value is -1.09. The third-order valence-corrected chi connectivity index (χ3v) is 4.77. The van der Waals surface area contributed by atoms with E-state index in [2.05, 4.69) is 16.7 Å². The van der Waals surface area contributed by atoms with E-state index in [9.17, 15) is 4.39 Å². The number of likely N-dealkylation sites (tertiary alicyclic amines) is 1. The smallest absolute Gasteiger partial charge is 0.146 e. The molecule has 1 aromatic rings. The zero-order valence-electron chi connectivity index (χ0n) is 12.5. The molecule has 0 radical (unpaired) electrons. The van der Waals surface area contributed by atoms with Gasteiger partial charge in [0.05, 0.1) is 5.69 Å². The van der Waals surface area contributed by atoms with E-state index in [1.54, 1.807) is 6.07 Å². The summed E-state index contributed by atoms with van der Waals surface area (Å²) >= 11 is 0. The molecule has 0 aromatic heterocycles. The SMILES string of the molecule is Cc1ccc(F)c2c1CCCN2CCN1CCCCC1. The van der Waals surface area contributed by atoms with Crippen molar-refractivity contribution < 1.29 is 4.39 Å². The minimum atomic E-state index is -0.0380. The molecule has 2 nitrogen and oxygen atoms in total. The number of fused-ring (bicyclic) bond motifs is 1. The van der Waals surface area contributed by atoms with E-state index in [0.717, 1.165) is 38.2 Å². The summed E-state index contributed by atoms with van der Waals surface area (Å²) in [6.07, 6.45) is 6.20. The number of halogens is 1. The summed E-state index contributed by atoms with van der Waals surface area (Å²) in [5.41, 5.74) is 3.35. The predicted molar refractivity (Wildman–Crippen MR) is 82.0 cm³/mol. The molecule has 3 heteroatoms. The first kappa shape index (κ1) is 13.9. The summed E-state index contributed by atoms with van der Waals surface area (Å²) in [5, 5.41) is 0. The van der Waals surface area contributed by atoms with Gasteiger partial charge in [-0.25, -0.2) is 4.39 Å². The lowest BCUT2D eigenvalue weighted by Gasteiger charge is -2.35. The van der Waals surface area contributed by atoms with Crippen LogP contribution in [0.1, 0.15) is 36.8 Å². The number of piperidine rings is 1. The standard InChI is InChI=1S/C17H25FN2/c1-14-7-8-16(18)17-15(14)6-5-11-20(17)13-12-19-9-3-2-4-10-19/h7-8H,2-6,9-13H2,1H3. The largest absolute Gasteiger partial charge is 0.368 e. The summed E-state index contributed by atoms with van der Waals surface area (Å²) < 4.78 is 14.2. The van der Waals surface area contributed by atoms with Gasteiger partial charge in [-0.1, -0.05) is 12.5 Å². The van der Waals surface area contributed by atoms with Crippen LogP contribution < -0.4 is 4.90 Å². The normalized spacial score (nSPS) is 20.0. The molecule has 0 unspecified atom stereocenters. The molecule has 3 rings (SSSR count). The van der Waals surface area contributed by atoms with Crippen molar-refractivity contribution in [3.05, 3.63) is 29.1 Å². The number of hydrogen-bond acceptors (Lipinski definition) is 2. The molecule has 1 saturated heterocycles. The molecule has 2 aliphatic heterocycles. The Morgan fingerprint density at radius 2 is 1.80 bits per heavy atom. The summed E-state index contributed by atoms with van der Waals surface area (Å²) in [6, 6.07) is 3.55. The zero-order valence-corrected chi connectivity index (χ0v) is 12.5. The van der Waals surface area contributed by atoms with Crippen LogP contribution in [0.2, 0.25) is 0 Å². The number of hydrogen-bond donors (Lipinski definition) is 0. The monoisotopic (exact) mass is 276 g/mol. The second-order valence-corrected chi connectivity index (χ2v) is 6.18. The number of benzene rings is 1. The van der Waals surface area contributed by atoms with Gasteiger partial charge in [0, 0.05) is 19.6 Å². The highest BCUT2D eigenvalue weighted by Gasteiger charge is 2.22. The molecule has 2 heterocycles. The highest BCUT2D eigenvalue weighted by atomic mass is 19.1. The van der Waals surface area contributed by atoms with Gasteiger partial charge in [-0.2, -0.15) is 0 Å². The Morgan fingerprint density at radius 1 is 1.00 bits per heavy atom. The van der Waals surface area contributed by atoms with Gasteiger partial charge >= 0.3 is 0 Å². The van der Waals surface area contributed by atoms with Gasteiger partial charge < -0.3 is 9.80 Å². The van der Waals surface area contributed by atoms with Crippen LogP contribution in [0.5, 0.6) is 0 Å². The van der Waals surface area contributed by atoms with E-state index >= 15 is 0 Å². The lowest BCUT2D eigenvalue weighted by Crippen LogP contribution is -2.40. The van der Waals surface area contributed by atoms with E-state index in [-0.39, 0.29) is 5.82 Å². The molecule has 1 fully saturated rings. The first-order chi connectivity index (χ1) is 9.75. The Kier molecular flexibility index (Phi) is 4.25. The van der Waals surface area contributed by atoms with Gasteiger partial charge in [0.2, 0.25) is 0 Å². The van der Waals surface area contributed by atoms with Crippen molar-refractivity contribution in [1.82, 2.24) is 4.90 Å². The molecule has 0 bridgehead atoms. The maximum absolute atomic E-state index is 14.2. The number of nitrogens with zero attached hydrogens (tertiary/aromatic N) is 2. The fraction of sp³-hybridized carbons (Fsp3) is 0.647. The van der Waals surface area contributed by atoms with E-state index in [1.165, 1.54) is 43.5 Å². The first-order valence-electron chi connectivity index (χ1n) is 8.01. The summed E-state index contributed by atoms with van der Waals surface area (Å²) in [4.78, 5) is 4.81. The molecule has 0 aliphatic carbocycles. The molecule has 0 atom stereocenters. The van der Waals surface area contributed by atoms with Crippen LogP contribution in [0, 0.1) is 12.7 Å². The van der Waals surface area contributed by atoms with Crippen LogP contribution in [-0.4, -0.2) is 37.6 Å². The molecule has 1 aromatic carbocycles. The van der Waals surface area contributed by atoms with Crippen LogP contribution in [0.3, 0.4) is 0 Å². The topological polar surface area (TPSA) is 6.48 Å². The molecule has 0 N–H and O–H groups in total. The van der Waals surface area contributed by atoms with Crippen molar-refractivity contribution in [3.8, 4) is 0 Å². The molecule has 0 saturated carbocycles. The van der Waals surface area contributed by atoms with Gasteiger partial charge in [-0.3, -0.25) is 0 Å². The molecular formula is C17H25FN2. The van der Waals surface area contributed by atoms with E-state index < -0.39 is 0 Å². The summed E-state index contributed by atoms with van der Waals surface area (Å²) in [7, 11) is 0. The maximum atomic E-state index is 14.2. The van der Waals surface area contributed by atoms with Crippen LogP contribution in [0.25, 0.3) is 0 Å². The highest BCUT2D eigenvalue weighted by Crippen LogP contribution is 2.32. The lowest BCUT2D eigenvalue weighted by atomic mass is 9.96. The van der Waals surface area contributed by atoms with Crippen LogP contribution >= 0.6 is 0 Å². The van der Waals surface area contributed by atoms with Crippen LogP contribution in [0.15, 0.2) is 12.1 Å². The molecule has 0 spiro atoms. The van der Waals surface area contributed by atoms with Gasteiger partial charge in [0.1, 0.15) is 5.82 Å². The van der Waals surface area contributed by atoms with Crippen molar-refractivity contribution in [2.45, 2.75) is 39.0 Å². The highest BCUT2D eigenvalue weighted by molar-refractivity contribution is 5.59. The second kappa shape index (κ2) is 6.13. The molecular weight excluding hydrogens is 251 g/mol. The van der Waals surface area contributed by atoms with Gasteiger partial charge in [-0.05, 0) is 62.9 Å². The average molecular weight is 276 g/mol. The number of anilines is 1. The van der Waals surface area contributed by atoms with Gasteiger partial charge in [0.15, 0.2) is 0 Å². The van der Waals surface area contributed by atoms with Crippen molar-refractivity contribution >= 4 is 5.69 Å². The van der Waals surface area contributed by atoms with E-state index in [0.29, 0.717) is 0 Å². The minimum absolute atomic E-state index is 0.0380. The third kappa shape index (κ3) is 2.83. The first-order valence-corrected chi connectivity index (χ1v) is 8.01. The van der Waals surface area contributed by atoms with Crippen LogP contribution in [-0.2, 0) is 6.42 Å². The summed E-state index contributed by atoms with van der Waals surface area (Å²) in [6.45, 7) is 7.59. The molecule has 110 valence electrons. The Morgan fingerprint density at radius 3 is 2.60 bits per heavy atom. The maximum Gasteiger partial charge on any atom is 0.146 e. The van der Waals surface area contributed by atoms with Crippen molar-refractivity contribution in [2.24, 2.45) is 0 Å². The average Bonchev–Trinajstić information content (AvgIpc) is 2.50. The fourth-order valence-electron chi connectivity index (χ4n) is 3.59.